The highest BCUT2D eigenvalue weighted by Crippen LogP contribution is 2.44. The Morgan fingerprint density at radius 2 is 1.90 bits per heavy atom. The van der Waals surface area contributed by atoms with E-state index >= 15 is 0 Å². The minimum absolute atomic E-state index is 0.0516. The zero-order chi connectivity index (χ0) is 20.9. The lowest BCUT2D eigenvalue weighted by atomic mass is 9.77. The Morgan fingerprint density at radius 1 is 1.10 bits per heavy atom. The number of amides is 1. The molecular formula is C22H38N2O5. The van der Waals surface area contributed by atoms with E-state index in [0.717, 1.165) is 38.5 Å². The molecule has 0 unspecified atom stereocenters. The molecule has 7 heteroatoms. The van der Waals surface area contributed by atoms with E-state index in [2.05, 4.69) is 29.9 Å². The van der Waals surface area contributed by atoms with Gasteiger partial charge in [0.15, 0.2) is 0 Å². The van der Waals surface area contributed by atoms with Crippen LogP contribution in [-0.2, 0) is 19.2 Å². The average molecular weight is 411 g/mol. The molecule has 0 aliphatic carbocycles. The van der Waals surface area contributed by atoms with Gasteiger partial charge in [0.1, 0.15) is 0 Å². The number of ether oxygens (including phenoxy) is 1. The summed E-state index contributed by atoms with van der Waals surface area (Å²) in [5.41, 5.74) is 2.75. The molecule has 2 rings (SSSR count). The molecule has 7 nitrogen and oxygen atoms in total. The lowest BCUT2D eigenvalue weighted by Crippen LogP contribution is -2.41. The first kappa shape index (κ1) is 23.8. The van der Waals surface area contributed by atoms with Crippen LogP contribution in [0.3, 0.4) is 0 Å². The lowest BCUT2D eigenvalue weighted by Gasteiger charge is -2.27. The van der Waals surface area contributed by atoms with Crippen molar-refractivity contribution < 1.29 is 24.3 Å². The van der Waals surface area contributed by atoms with Crippen LogP contribution in [0.1, 0.15) is 71.1 Å². The van der Waals surface area contributed by atoms with Crippen LogP contribution in [0.5, 0.6) is 0 Å². The third kappa shape index (κ3) is 8.84. The third-order valence-electron chi connectivity index (χ3n) is 5.90. The number of carboxylic acids is 1. The van der Waals surface area contributed by atoms with Gasteiger partial charge < -0.3 is 20.0 Å². The summed E-state index contributed by atoms with van der Waals surface area (Å²) in [6, 6.07) is 0. The maximum atomic E-state index is 12.1. The van der Waals surface area contributed by atoms with Gasteiger partial charge in [0.25, 0.3) is 0 Å². The normalized spacial score (nSPS) is 25.7. The van der Waals surface area contributed by atoms with Crippen molar-refractivity contribution >= 4 is 11.9 Å². The summed E-state index contributed by atoms with van der Waals surface area (Å²) in [6.45, 7) is 3.61. The largest absolute Gasteiger partial charge is 0.481 e. The van der Waals surface area contributed by atoms with Gasteiger partial charge in [0.2, 0.25) is 5.91 Å². The fraction of sp³-hybridized carbons (Fsp3) is 0.818. The van der Waals surface area contributed by atoms with Crippen molar-refractivity contribution in [1.29, 1.82) is 0 Å². The van der Waals surface area contributed by atoms with Crippen molar-refractivity contribution in [3.8, 4) is 0 Å². The molecule has 3 N–H and O–H groups in total. The molecule has 0 aromatic carbocycles. The summed E-state index contributed by atoms with van der Waals surface area (Å²) in [5, 5.41) is 11.7. The first-order valence-electron chi connectivity index (χ1n) is 11.3. The minimum atomic E-state index is -0.743. The van der Waals surface area contributed by atoms with Gasteiger partial charge in [-0.15, -0.1) is 0 Å². The van der Waals surface area contributed by atoms with Gasteiger partial charge in [0.05, 0.1) is 25.4 Å². The van der Waals surface area contributed by atoms with Crippen molar-refractivity contribution in [3.63, 3.8) is 0 Å². The molecular weight excluding hydrogens is 372 g/mol. The molecule has 2 fully saturated rings. The number of carbonyl (C=O) groups excluding carboxylic acids is 1. The molecule has 2 bridgehead atoms. The van der Waals surface area contributed by atoms with E-state index < -0.39 is 5.97 Å². The molecule has 0 saturated carbocycles. The van der Waals surface area contributed by atoms with Crippen molar-refractivity contribution in [2.24, 2.45) is 11.8 Å². The summed E-state index contributed by atoms with van der Waals surface area (Å²) in [4.78, 5) is 27.9. The Kier molecular flexibility index (Phi) is 11.3. The fourth-order valence-corrected chi connectivity index (χ4v) is 4.31. The number of hydrogen-bond acceptors (Lipinski definition) is 5. The Balaban J connectivity index is 1.61. The van der Waals surface area contributed by atoms with Crippen LogP contribution in [0.4, 0.5) is 0 Å². The number of fused-ring (bicyclic) bond motifs is 2. The van der Waals surface area contributed by atoms with E-state index in [-0.39, 0.29) is 31.1 Å². The van der Waals surface area contributed by atoms with Gasteiger partial charge in [0, 0.05) is 18.9 Å². The molecule has 2 aliphatic rings. The second kappa shape index (κ2) is 13.7. The van der Waals surface area contributed by atoms with Crippen LogP contribution in [0.25, 0.3) is 0 Å². The molecule has 4 atom stereocenters. The van der Waals surface area contributed by atoms with E-state index in [1.807, 2.05) is 0 Å². The number of rotatable bonds is 16. The van der Waals surface area contributed by atoms with Gasteiger partial charge in [-0.25, -0.2) is 0 Å². The quantitative estimate of drug-likeness (QED) is 0.205. The van der Waals surface area contributed by atoms with Crippen LogP contribution in [-0.4, -0.2) is 48.9 Å². The second-order valence-corrected chi connectivity index (χ2v) is 8.15. The lowest BCUT2D eigenvalue weighted by molar-refractivity contribution is -0.137. The highest BCUT2D eigenvalue weighted by atomic mass is 16.6. The van der Waals surface area contributed by atoms with Crippen LogP contribution in [0.2, 0.25) is 0 Å². The number of carboxylic acid groups (broad SMARTS) is 1. The maximum absolute atomic E-state index is 12.1. The van der Waals surface area contributed by atoms with Crippen molar-refractivity contribution in [2.75, 3.05) is 19.7 Å². The Morgan fingerprint density at radius 3 is 2.66 bits per heavy atom. The molecule has 0 aromatic rings. The number of nitrogens with one attached hydrogen (secondary N) is 2. The van der Waals surface area contributed by atoms with Gasteiger partial charge in [-0.3, -0.25) is 9.59 Å². The number of aliphatic carboxylic acids is 1. The van der Waals surface area contributed by atoms with E-state index in [1.165, 1.54) is 12.8 Å². The summed E-state index contributed by atoms with van der Waals surface area (Å²) < 4.78 is 6.08. The Bertz CT molecular complexity index is 525. The summed E-state index contributed by atoms with van der Waals surface area (Å²) in [6.07, 6.45) is 14.1. The van der Waals surface area contributed by atoms with Gasteiger partial charge in [-0.1, -0.05) is 38.3 Å². The monoisotopic (exact) mass is 410 g/mol. The average Bonchev–Trinajstić information content (AvgIpc) is 3.30. The summed E-state index contributed by atoms with van der Waals surface area (Å²) in [5.74, 6) is -0.0275. The molecule has 2 saturated heterocycles. The zero-order valence-corrected chi connectivity index (χ0v) is 17.7. The number of unbranched alkanes of at least 4 members (excludes halogenated alkanes) is 4. The van der Waals surface area contributed by atoms with Crippen LogP contribution < -0.4 is 10.8 Å². The topological polar surface area (TPSA) is 96.9 Å². The Labute approximate surface area is 174 Å². The predicted molar refractivity (Wildman–Crippen MR) is 111 cm³/mol. The van der Waals surface area contributed by atoms with Crippen molar-refractivity contribution in [3.05, 3.63) is 12.2 Å². The summed E-state index contributed by atoms with van der Waals surface area (Å²) >= 11 is 0. The van der Waals surface area contributed by atoms with Crippen LogP contribution in [0, 0.1) is 11.8 Å². The second-order valence-electron chi connectivity index (χ2n) is 8.15. The minimum Gasteiger partial charge on any atom is -0.481 e. The summed E-state index contributed by atoms with van der Waals surface area (Å²) in [7, 11) is 0. The zero-order valence-electron chi connectivity index (χ0n) is 17.7. The first-order valence-corrected chi connectivity index (χ1v) is 11.3. The highest BCUT2D eigenvalue weighted by molar-refractivity contribution is 5.77. The SMILES string of the molecule is CCCCCCONCC(=O)NC[C@H]1[C@@H](C/C=C\CCCC(=O)O)[C@H]2CC[C@@H]1O2. The van der Waals surface area contributed by atoms with Gasteiger partial charge in [-0.05, 0) is 44.4 Å². The molecule has 2 heterocycles. The van der Waals surface area contributed by atoms with Crippen molar-refractivity contribution in [2.45, 2.75) is 83.3 Å². The fourth-order valence-electron chi connectivity index (χ4n) is 4.31. The molecule has 0 radical (unpaired) electrons. The molecule has 0 aromatic heterocycles. The molecule has 29 heavy (non-hydrogen) atoms. The molecule has 166 valence electrons. The maximum Gasteiger partial charge on any atom is 0.303 e. The van der Waals surface area contributed by atoms with Crippen LogP contribution in [0.15, 0.2) is 12.2 Å². The first-order chi connectivity index (χ1) is 14.1. The smallest absolute Gasteiger partial charge is 0.303 e. The number of carbonyl (C=O) groups is 2. The van der Waals surface area contributed by atoms with E-state index in [1.54, 1.807) is 0 Å². The van der Waals surface area contributed by atoms with Gasteiger partial charge >= 0.3 is 5.97 Å². The van der Waals surface area contributed by atoms with E-state index in [0.29, 0.717) is 31.4 Å². The van der Waals surface area contributed by atoms with Crippen molar-refractivity contribution in [1.82, 2.24) is 10.8 Å². The van der Waals surface area contributed by atoms with Gasteiger partial charge in [-0.2, -0.15) is 5.48 Å². The highest BCUT2D eigenvalue weighted by Gasteiger charge is 2.47. The number of hydroxylamine groups is 1. The predicted octanol–water partition coefficient (Wildman–Crippen LogP) is 3.20. The molecule has 1 amide bonds. The van der Waals surface area contributed by atoms with E-state index in [4.69, 9.17) is 14.7 Å². The molecule has 2 aliphatic heterocycles. The van der Waals surface area contributed by atoms with Crippen LogP contribution >= 0.6 is 0 Å². The van der Waals surface area contributed by atoms with E-state index in [9.17, 15) is 9.59 Å². The Hall–Kier alpha value is -1.44. The standard InChI is InChI=1S/C22H38N2O5/c1-2-3-4-9-14-28-24-16-21(25)23-15-18-17(19-12-13-20(18)29-19)10-7-5-6-8-11-22(26)27/h5,7,17-20,24H,2-4,6,8-16H2,1H3,(H,23,25)(H,26,27)/b7-5-/t17-,18+,19-,20+/m1/s1. The number of hydrogen-bond donors (Lipinski definition) is 3. The number of allylic oxidation sites excluding steroid dienone is 2. The third-order valence-corrected chi connectivity index (χ3v) is 5.90. The molecule has 0 spiro atoms.